The lowest BCUT2D eigenvalue weighted by molar-refractivity contribution is -0.149. The minimum atomic E-state index is -0.884. The van der Waals surface area contributed by atoms with Gasteiger partial charge in [-0.3, -0.25) is 14.4 Å². The van der Waals surface area contributed by atoms with Crippen molar-refractivity contribution in [1.82, 2.24) is 0 Å². The van der Waals surface area contributed by atoms with E-state index < -0.39 is 34.7 Å². The molecule has 7 nitrogen and oxygen atoms in total. The highest BCUT2D eigenvalue weighted by atomic mass is 32.2. The molecule has 0 N–H and O–H groups in total. The molecule has 0 aliphatic rings. The molecule has 0 aliphatic heterocycles. The monoisotopic (exact) mass is 366 g/mol. The van der Waals surface area contributed by atoms with Crippen LogP contribution in [0.3, 0.4) is 0 Å². The van der Waals surface area contributed by atoms with Crippen LogP contribution < -0.4 is 0 Å². The van der Waals surface area contributed by atoms with Crippen LogP contribution in [0.2, 0.25) is 0 Å². The third kappa shape index (κ3) is 10.2. The Kier molecular flexibility index (Phi) is 9.98. The van der Waals surface area contributed by atoms with Crippen molar-refractivity contribution in [3.63, 3.8) is 0 Å². The number of ketones is 1. The van der Waals surface area contributed by atoms with Crippen LogP contribution in [0, 0.1) is 5.92 Å². The summed E-state index contributed by atoms with van der Waals surface area (Å²) in [6, 6.07) is 0. The van der Waals surface area contributed by atoms with Crippen LogP contribution in [-0.2, 0) is 28.6 Å². The van der Waals surface area contributed by atoms with Crippen LogP contribution in [0.15, 0.2) is 0 Å². The van der Waals surface area contributed by atoms with Crippen LogP contribution in [0.4, 0.5) is 4.79 Å². The molecule has 0 heterocycles. The molecule has 0 unspecified atom stereocenters. The van der Waals surface area contributed by atoms with Crippen molar-refractivity contribution < 1.29 is 33.4 Å². The number of carbonyl (C=O) groups excluding carboxylic acids is 4. The van der Waals surface area contributed by atoms with Gasteiger partial charge in [-0.2, -0.15) is 12.6 Å². The summed E-state index contributed by atoms with van der Waals surface area (Å²) in [6.07, 6.45) is -0.0838. The first-order chi connectivity index (χ1) is 10.6. The summed E-state index contributed by atoms with van der Waals surface area (Å²) >= 11 is 4.88. The third-order valence-corrected chi connectivity index (χ3v) is 3.75. The van der Waals surface area contributed by atoms with Gasteiger partial charge in [-0.25, -0.2) is 4.79 Å². The molecule has 0 saturated heterocycles. The normalized spacial score (nSPS) is 12.2. The zero-order valence-corrected chi connectivity index (χ0v) is 15.3. The number of hydrogen-bond acceptors (Lipinski definition) is 9. The van der Waals surface area contributed by atoms with Gasteiger partial charge in [0.05, 0.1) is 17.3 Å². The molecule has 0 amide bonds. The predicted octanol–water partition coefficient (Wildman–Crippen LogP) is 2.22. The van der Waals surface area contributed by atoms with Crippen LogP contribution in [0.1, 0.15) is 34.1 Å². The number of rotatable bonds is 9. The second-order valence-electron chi connectivity index (χ2n) is 5.09. The summed E-state index contributed by atoms with van der Waals surface area (Å²) in [6.45, 7) is 5.77. The fourth-order valence-corrected chi connectivity index (χ4v) is 2.13. The molecule has 0 saturated carbocycles. The maximum Gasteiger partial charge on any atom is 0.370 e. The summed E-state index contributed by atoms with van der Waals surface area (Å²) in [7, 11) is 0. The molecule has 1 atom stereocenters. The molecular weight excluding hydrogens is 344 g/mol. The Bertz CT molecular complexity index is 443. The molecule has 9 heteroatoms. The van der Waals surface area contributed by atoms with E-state index in [1.165, 1.54) is 6.92 Å². The van der Waals surface area contributed by atoms with E-state index in [2.05, 4.69) is 22.1 Å². The van der Waals surface area contributed by atoms with E-state index >= 15 is 0 Å². The topological polar surface area (TPSA) is 96.0 Å². The molecule has 0 fully saturated rings. The van der Waals surface area contributed by atoms with Gasteiger partial charge in [-0.15, -0.1) is 0 Å². The highest BCUT2D eigenvalue weighted by Crippen LogP contribution is 2.22. The van der Waals surface area contributed by atoms with Gasteiger partial charge in [0.25, 0.3) is 0 Å². The van der Waals surface area contributed by atoms with E-state index in [4.69, 9.17) is 4.74 Å². The van der Waals surface area contributed by atoms with Gasteiger partial charge in [0, 0.05) is 19.1 Å². The maximum absolute atomic E-state index is 12.0. The molecule has 0 aromatic carbocycles. The standard InChI is InChI=1S/C14H22O7S2/c1-5-19-12(17)10(6-11(16)14(3,4)22)7-23-13(18)21-8-20-9(2)15/h10,22H,5-8H2,1-4H3/t10-/m0/s1. The van der Waals surface area contributed by atoms with Crippen molar-refractivity contribution >= 4 is 47.4 Å². The number of ether oxygens (including phenoxy) is 3. The molecule has 0 bridgehead atoms. The number of thiol groups is 1. The number of thioether (sulfide) groups is 1. The van der Waals surface area contributed by atoms with E-state index in [0.29, 0.717) is 11.8 Å². The summed E-state index contributed by atoms with van der Waals surface area (Å²) < 4.78 is 13.1. The Morgan fingerprint density at radius 2 is 1.74 bits per heavy atom. The average molecular weight is 366 g/mol. The van der Waals surface area contributed by atoms with Crippen LogP contribution in [0.25, 0.3) is 0 Å². The largest absolute Gasteiger partial charge is 0.466 e. The van der Waals surface area contributed by atoms with Gasteiger partial charge in [-0.1, -0.05) is 0 Å². The second kappa shape index (κ2) is 10.5. The first kappa shape index (κ1) is 21.8. The molecular formula is C14H22O7S2. The molecule has 0 aliphatic carbocycles. The van der Waals surface area contributed by atoms with Crippen LogP contribution >= 0.6 is 24.4 Å². The summed E-state index contributed by atoms with van der Waals surface area (Å²) in [4.78, 5) is 45.9. The van der Waals surface area contributed by atoms with Gasteiger partial charge < -0.3 is 14.2 Å². The van der Waals surface area contributed by atoms with Gasteiger partial charge >= 0.3 is 17.2 Å². The Hall–Kier alpha value is -1.22. The SMILES string of the molecule is CCOC(=O)[C@H](CSC(=O)OCOC(C)=O)CC(=O)C(C)(C)S. The lowest BCUT2D eigenvalue weighted by atomic mass is 9.97. The van der Waals surface area contributed by atoms with Gasteiger partial charge in [0.15, 0.2) is 0 Å². The number of hydrogen-bond donors (Lipinski definition) is 1. The fourth-order valence-electron chi connectivity index (χ4n) is 1.31. The van der Waals surface area contributed by atoms with Crippen molar-refractivity contribution in [2.24, 2.45) is 5.92 Å². The molecule has 23 heavy (non-hydrogen) atoms. The smallest absolute Gasteiger partial charge is 0.370 e. The molecule has 0 aromatic heterocycles. The highest BCUT2D eigenvalue weighted by molar-refractivity contribution is 8.13. The van der Waals surface area contributed by atoms with Gasteiger partial charge in [0.2, 0.25) is 6.79 Å². The van der Waals surface area contributed by atoms with Gasteiger partial charge in [0.1, 0.15) is 5.78 Å². The van der Waals surface area contributed by atoms with E-state index in [-0.39, 0.29) is 24.6 Å². The average Bonchev–Trinajstić information content (AvgIpc) is 2.41. The van der Waals surface area contributed by atoms with E-state index in [1.807, 2.05) is 0 Å². The van der Waals surface area contributed by atoms with Gasteiger partial charge in [-0.05, 0) is 32.5 Å². The van der Waals surface area contributed by atoms with E-state index in [9.17, 15) is 19.2 Å². The second-order valence-corrected chi connectivity index (χ2v) is 7.17. The van der Waals surface area contributed by atoms with Crippen LogP contribution in [-0.4, -0.2) is 46.9 Å². The molecule has 0 aromatic rings. The quantitative estimate of drug-likeness (QED) is 0.377. The number of carbonyl (C=O) groups is 4. The van der Waals surface area contributed by atoms with Crippen molar-refractivity contribution in [2.45, 2.75) is 38.9 Å². The lowest BCUT2D eigenvalue weighted by Gasteiger charge is -2.20. The first-order valence-electron chi connectivity index (χ1n) is 6.93. The summed E-state index contributed by atoms with van der Waals surface area (Å²) in [5, 5.41) is -0.710. The highest BCUT2D eigenvalue weighted by Gasteiger charge is 2.30. The summed E-state index contributed by atoms with van der Waals surface area (Å²) in [5.41, 5.74) is 0. The minimum Gasteiger partial charge on any atom is -0.466 e. The zero-order valence-electron chi connectivity index (χ0n) is 13.6. The van der Waals surface area contributed by atoms with Crippen molar-refractivity contribution in [3.05, 3.63) is 0 Å². The van der Waals surface area contributed by atoms with Crippen LogP contribution in [0.5, 0.6) is 0 Å². The summed E-state index contributed by atoms with van der Waals surface area (Å²) in [5.74, 6) is -2.12. The van der Waals surface area contributed by atoms with E-state index in [1.54, 1.807) is 20.8 Å². The Morgan fingerprint density at radius 3 is 2.22 bits per heavy atom. The molecule has 0 spiro atoms. The predicted molar refractivity (Wildman–Crippen MR) is 88.4 cm³/mol. The molecule has 132 valence electrons. The van der Waals surface area contributed by atoms with Crippen molar-refractivity contribution in [3.8, 4) is 0 Å². The number of Topliss-reactive ketones (excluding diaryl/α,β-unsaturated/α-hetero) is 1. The lowest BCUT2D eigenvalue weighted by Crippen LogP contribution is -2.31. The first-order valence-corrected chi connectivity index (χ1v) is 8.36. The Balaban J connectivity index is 4.53. The molecule has 0 radical (unpaired) electrons. The van der Waals surface area contributed by atoms with Crippen molar-refractivity contribution in [2.75, 3.05) is 19.2 Å². The Morgan fingerprint density at radius 1 is 1.13 bits per heavy atom. The molecule has 0 rings (SSSR count). The fraction of sp³-hybridized carbons (Fsp3) is 0.714. The Labute approximate surface area is 145 Å². The van der Waals surface area contributed by atoms with Crippen molar-refractivity contribution in [1.29, 1.82) is 0 Å². The minimum absolute atomic E-state index is 0.0212. The zero-order chi connectivity index (χ0) is 18.0. The number of esters is 2. The maximum atomic E-state index is 12.0. The van der Waals surface area contributed by atoms with E-state index in [0.717, 1.165) is 0 Å². The third-order valence-electron chi connectivity index (χ3n) is 2.58.